The van der Waals surface area contributed by atoms with Crippen LogP contribution in [0.5, 0.6) is 0 Å². The van der Waals surface area contributed by atoms with Gasteiger partial charge in [-0.2, -0.15) is 5.10 Å². The number of rotatable bonds is 2. The van der Waals surface area contributed by atoms with E-state index in [4.69, 9.17) is 0 Å². The Balaban J connectivity index is 1.46. The minimum atomic E-state index is -0.0368. The lowest BCUT2D eigenvalue weighted by molar-refractivity contribution is 0.0638. The molecule has 0 bridgehead atoms. The van der Waals surface area contributed by atoms with Crippen molar-refractivity contribution in [2.45, 2.75) is 19.5 Å². The lowest BCUT2D eigenvalue weighted by Crippen LogP contribution is -2.41. The molecule has 0 radical (unpaired) electrons. The van der Waals surface area contributed by atoms with E-state index in [1.807, 2.05) is 41.4 Å². The van der Waals surface area contributed by atoms with E-state index in [2.05, 4.69) is 49.6 Å². The molecule has 5 heterocycles. The van der Waals surface area contributed by atoms with Crippen LogP contribution in [-0.2, 0) is 6.54 Å². The highest BCUT2D eigenvalue weighted by molar-refractivity contribution is 9.10. The summed E-state index contributed by atoms with van der Waals surface area (Å²) < 4.78 is 4.95. The van der Waals surface area contributed by atoms with E-state index < -0.39 is 0 Å². The molecular weight excluding hydrogens is 418 g/mol. The molecule has 5 rings (SSSR count). The summed E-state index contributed by atoms with van der Waals surface area (Å²) >= 11 is 3.44. The van der Waals surface area contributed by atoms with E-state index in [0.29, 0.717) is 12.2 Å². The Bertz CT molecular complexity index is 1180. The van der Waals surface area contributed by atoms with Crippen molar-refractivity contribution in [3.05, 3.63) is 76.9 Å². The molecule has 0 aromatic carbocycles. The maximum atomic E-state index is 13.2. The molecule has 1 atom stereocenters. The molecule has 1 unspecified atom stereocenters. The predicted molar refractivity (Wildman–Crippen MR) is 110 cm³/mol. The van der Waals surface area contributed by atoms with Gasteiger partial charge in [-0.25, -0.2) is 4.52 Å². The largest absolute Gasteiger partial charge is 0.341 e. The van der Waals surface area contributed by atoms with Gasteiger partial charge in [0.1, 0.15) is 0 Å². The van der Waals surface area contributed by atoms with Crippen LogP contribution in [0.3, 0.4) is 0 Å². The van der Waals surface area contributed by atoms with E-state index >= 15 is 0 Å². The molecule has 4 aromatic heterocycles. The number of carbonyl (C=O) groups excluding carboxylic acids is 1. The average Bonchev–Trinajstić information content (AvgIpc) is 3.32. The summed E-state index contributed by atoms with van der Waals surface area (Å²) in [6, 6.07) is 14.0. The molecule has 4 aromatic rings. The first kappa shape index (κ1) is 17.2. The zero-order valence-electron chi connectivity index (χ0n) is 15.3. The van der Waals surface area contributed by atoms with Crippen LogP contribution in [0, 0.1) is 0 Å². The van der Waals surface area contributed by atoms with Crippen molar-refractivity contribution in [1.29, 1.82) is 0 Å². The van der Waals surface area contributed by atoms with Gasteiger partial charge in [0.05, 0.1) is 11.6 Å². The number of amides is 1. The summed E-state index contributed by atoms with van der Waals surface area (Å²) in [5, 5.41) is 4.47. The van der Waals surface area contributed by atoms with Gasteiger partial charge in [0.2, 0.25) is 0 Å². The van der Waals surface area contributed by atoms with E-state index in [9.17, 15) is 4.79 Å². The molecule has 0 fully saturated rings. The van der Waals surface area contributed by atoms with E-state index in [1.165, 1.54) is 0 Å². The molecule has 28 heavy (non-hydrogen) atoms. The number of nitrogens with zero attached hydrogens (tertiary/aromatic N) is 5. The second-order valence-corrected chi connectivity index (χ2v) is 7.87. The fraction of sp³-hybridized carbons (Fsp3) is 0.190. The van der Waals surface area contributed by atoms with Gasteiger partial charge in [0.25, 0.3) is 5.91 Å². The maximum absolute atomic E-state index is 13.2. The van der Waals surface area contributed by atoms with Gasteiger partial charge in [-0.3, -0.25) is 9.78 Å². The zero-order valence-corrected chi connectivity index (χ0v) is 16.9. The molecule has 6 nitrogen and oxygen atoms in total. The molecule has 140 valence electrons. The monoisotopic (exact) mass is 435 g/mol. The SMILES string of the molecule is CC1c2ccc(-c3ccncc3)n2CCN1C(=O)c1cc2ccc(Br)cn2n1. The summed E-state index contributed by atoms with van der Waals surface area (Å²) in [5.41, 5.74) is 4.81. The van der Waals surface area contributed by atoms with Crippen molar-refractivity contribution in [1.82, 2.24) is 24.1 Å². The Morgan fingerprint density at radius 3 is 2.75 bits per heavy atom. The summed E-state index contributed by atoms with van der Waals surface area (Å²) in [5.74, 6) is -0.0368. The van der Waals surface area contributed by atoms with Crippen molar-refractivity contribution in [3.63, 3.8) is 0 Å². The molecular formula is C21H18BrN5O. The Morgan fingerprint density at radius 1 is 1.11 bits per heavy atom. The summed E-state index contributed by atoms with van der Waals surface area (Å²) in [6.07, 6.45) is 5.47. The number of carbonyl (C=O) groups is 1. The van der Waals surface area contributed by atoms with Crippen LogP contribution >= 0.6 is 15.9 Å². The fourth-order valence-electron chi connectivity index (χ4n) is 3.92. The fourth-order valence-corrected chi connectivity index (χ4v) is 4.25. The number of hydrogen-bond acceptors (Lipinski definition) is 3. The highest BCUT2D eigenvalue weighted by Gasteiger charge is 2.31. The van der Waals surface area contributed by atoms with Gasteiger partial charge in [0.15, 0.2) is 5.69 Å². The molecule has 0 spiro atoms. The third-order valence-electron chi connectivity index (χ3n) is 5.35. The number of aromatic nitrogens is 4. The first-order chi connectivity index (χ1) is 13.6. The quantitative estimate of drug-likeness (QED) is 0.474. The highest BCUT2D eigenvalue weighted by atomic mass is 79.9. The average molecular weight is 436 g/mol. The van der Waals surface area contributed by atoms with Gasteiger partial charge < -0.3 is 9.47 Å². The van der Waals surface area contributed by atoms with Crippen LogP contribution in [0.15, 0.2) is 65.5 Å². The molecule has 7 heteroatoms. The number of fused-ring (bicyclic) bond motifs is 2. The van der Waals surface area contributed by atoms with Crippen molar-refractivity contribution in [2.24, 2.45) is 0 Å². The van der Waals surface area contributed by atoms with Gasteiger partial charge in [0, 0.05) is 53.1 Å². The molecule has 1 aliphatic heterocycles. The lowest BCUT2D eigenvalue weighted by atomic mass is 10.1. The van der Waals surface area contributed by atoms with Crippen LogP contribution in [0.4, 0.5) is 0 Å². The van der Waals surface area contributed by atoms with Crippen molar-refractivity contribution >= 4 is 27.4 Å². The van der Waals surface area contributed by atoms with Gasteiger partial charge >= 0.3 is 0 Å². The van der Waals surface area contributed by atoms with Crippen LogP contribution in [-0.4, -0.2) is 36.5 Å². The molecule has 0 N–H and O–H groups in total. The summed E-state index contributed by atoms with van der Waals surface area (Å²) in [7, 11) is 0. The standard InChI is InChI=1S/C21H18BrN5O/c1-14-19-4-5-20(15-6-8-23-9-7-15)26(19)11-10-25(14)21(28)18-12-17-3-2-16(22)13-27(17)24-18/h2-9,12-14H,10-11H2,1H3. The smallest absolute Gasteiger partial charge is 0.275 e. The predicted octanol–water partition coefficient (Wildman–Crippen LogP) is 4.18. The van der Waals surface area contributed by atoms with Gasteiger partial charge in [-0.15, -0.1) is 0 Å². The van der Waals surface area contributed by atoms with Crippen LogP contribution < -0.4 is 0 Å². The molecule has 1 amide bonds. The van der Waals surface area contributed by atoms with Crippen LogP contribution in [0.25, 0.3) is 16.8 Å². The first-order valence-corrected chi connectivity index (χ1v) is 9.97. The maximum Gasteiger partial charge on any atom is 0.275 e. The minimum absolute atomic E-state index is 0.0200. The second-order valence-electron chi connectivity index (χ2n) is 6.95. The topological polar surface area (TPSA) is 55.4 Å². The van der Waals surface area contributed by atoms with Gasteiger partial charge in [-0.05, 0) is 65.3 Å². The number of hydrogen-bond donors (Lipinski definition) is 0. The number of halogens is 1. The summed E-state index contributed by atoms with van der Waals surface area (Å²) in [4.78, 5) is 19.2. The van der Waals surface area contributed by atoms with E-state index in [0.717, 1.165) is 33.5 Å². The minimum Gasteiger partial charge on any atom is -0.341 e. The van der Waals surface area contributed by atoms with E-state index in [-0.39, 0.29) is 11.9 Å². The highest BCUT2D eigenvalue weighted by Crippen LogP contribution is 2.32. The second kappa shape index (κ2) is 6.60. The van der Waals surface area contributed by atoms with Crippen LogP contribution in [0.1, 0.15) is 29.1 Å². The first-order valence-electron chi connectivity index (χ1n) is 9.17. The summed E-state index contributed by atoms with van der Waals surface area (Å²) in [6.45, 7) is 3.48. The third-order valence-corrected chi connectivity index (χ3v) is 5.82. The van der Waals surface area contributed by atoms with Crippen molar-refractivity contribution in [2.75, 3.05) is 6.54 Å². The Labute approximate surface area is 170 Å². The lowest BCUT2D eigenvalue weighted by Gasteiger charge is -2.35. The Kier molecular flexibility index (Phi) is 4.05. The molecule has 0 saturated carbocycles. The molecule has 0 saturated heterocycles. The Morgan fingerprint density at radius 2 is 1.93 bits per heavy atom. The number of pyridine rings is 2. The van der Waals surface area contributed by atoms with Crippen LogP contribution in [0.2, 0.25) is 0 Å². The Hall–Kier alpha value is -2.93. The molecule has 1 aliphatic rings. The van der Waals surface area contributed by atoms with Crippen molar-refractivity contribution in [3.8, 4) is 11.3 Å². The third kappa shape index (κ3) is 2.74. The zero-order chi connectivity index (χ0) is 19.3. The van der Waals surface area contributed by atoms with E-state index in [1.54, 1.807) is 16.9 Å². The normalized spacial score (nSPS) is 16.4. The van der Waals surface area contributed by atoms with Gasteiger partial charge in [-0.1, -0.05) is 0 Å². The molecule has 0 aliphatic carbocycles. The van der Waals surface area contributed by atoms with Crippen molar-refractivity contribution < 1.29 is 4.79 Å².